The molecule has 0 atom stereocenters. The van der Waals surface area contributed by atoms with E-state index in [1.54, 1.807) is 6.26 Å². The van der Waals surface area contributed by atoms with Crippen LogP contribution in [0.25, 0.3) is 11.5 Å². The number of hydrogen-bond donors (Lipinski definition) is 0. The zero-order valence-corrected chi connectivity index (χ0v) is 6.90. The summed E-state index contributed by atoms with van der Waals surface area (Å²) in [5.74, 6) is 0.821. The van der Waals surface area contributed by atoms with Crippen LogP contribution in [0.4, 0.5) is 0 Å². The fourth-order valence-corrected chi connectivity index (χ4v) is 1.09. The summed E-state index contributed by atoms with van der Waals surface area (Å²) in [5.41, 5.74) is 0.891. The first-order valence-corrected chi connectivity index (χ1v) is 3.97. The molecule has 0 N–H and O–H groups in total. The molecule has 3 heteroatoms. The fraction of sp³-hybridized carbons (Fsp3) is 0.222. The lowest BCUT2D eigenvalue weighted by atomic mass is 10.3. The Balaban J connectivity index is 2.35. The highest BCUT2D eigenvalue weighted by molar-refractivity contribution is 5.50. The molecule has 62 valence electrons. The zero-order valence-electron chi connectivity index (χ0n) is 6.90. The molecule has 3 nitrogen and oxygen atoms in total. The number of hydrogen-bond acceptors (Lipinski definition) is 2. The quantitative estimate of drug-likeness (QED) is 0.677. The van der Waals surface area contributed by atoms with Crippen LogP contribution >= 0.6 is 0 Å². The summed E-state index contributed by atoms with van der Waals surface area (Å²) in [4.78, 5) is 0. The molecule has 2 heterocycles. The minimum absolute atomic E-state index is 0.821. The molecule has 0 unspecified atom stereocenters. The summed E-state index contributed by atoms with van der Waals surface area (Å²) in [6.45, 7) is 2.94. The lowest BCUT2D eigenvalue weighted by molar-refractivity contribution is 0.575. The van der Waals surface area contributed by atoms with Gasteiger partial charge in [-0.15, -0.1) is 0 Å². The van der Waals surface area contributed by atoms with Crippen LogP contribution in [0.5, 0.6) is 0 Å². The average Bonchev–Trinajstić information content (AvgIpc) is 2.75. The molecule has 12 heavy (non-hydrogen) atoms. The Morgan fingerprint density at radius 2 is 2.42 bits per heavy atom. The average molecular weight is 162 g/mol. The van der Waals surface area contributed by atoms with Crippen LogP contribution in [0.15, 0.2) is 35.1 Å². The van der Waals surface area contributed by atoms with Crippen molar-refractivity contribution < 1.29 is 4.42 Å². The summed E-state index contributed by atoms with van der Waals surface area (Å²) in [6.07, 6.45) is 3.60. The van der Waals surface area contributed by atoms with Crippen molar-refractivity contribution in [2.75, 3.05) is 0 Å². The summed E-state index contributed by atoms with van der Waals surface area (Å²) in [5, 5.41) is 4.29. The van der Waals surface area contributed by atoms with Crippen molar-refractivity contribution >= 4 is 0 Å². The van der Waals surface area contributed by atoms with E-state index in [1.165, 1.54) is 0 Å². The van der Waals surface area contributed by atoms with Gasteiger partial charge in [-0.3, -0.25) is 4.68 Å². The normalized spacial score (nSPS) is 10.4. The third-order valence-electron chi connectivity index (χ3n) is 1.74. The summed E-state index contributed by atoms with van der Waals surface area (Å²) in [7, 11) is 0. The Morgan fingerprint density at radius 1 is 1.50 bits per heavy atom. The first kappa shape index (κ1) is 7.16. The molecular formula is C9H10N2O. The van der Waals surface area contributed by atoms with Crippen LogP contribution in [0.3, 0.4) is 0 Å². The highest BCUT2D eigenvalue weighted by Crippen LogP contribution is 2.16. The van der Waals surface area contributed by atoms with Crippen LogP contribution in [0, 0.1) is 0 Å². The van der Waals surface area contributed by atoms with Gasteiger partial charge < -0.3 is 4.42 Å². The van der Waals surface area contributed by atoms with Gasteiger partial charge in [-0.2, -0.15) is 5.10 Å². The Morgan fingerprint density at radius 3 is 3.00 bits per heavy atom. The molecule has 0 radical (unpaired) electrons. The van der Waals surface area contributed by atoms with Gasteiger partial charge >= 0.3 is 0 Å². The van der Waals surface area contributed by atoms with Crippen LogP contribution < -0.4 is 0 Å². The third kappa shape index (κ3) is 1.13. The molecule has 0 aromatic carbocycles. The molecule has 0 aliphatic carbocycles. The Bertz CT molecular complexity index is 348. The predicted octanol–water partition coefficient (Wildman–Crippen LogP) is 2.16. The summed E-state index contributed by atoms with van der Waals surface area (Å²) >= 11 is 0. The van der Waals surface area contributed by atoms with Crippen molar-refractivity contribution in [2.45, 2.75) is 13.5 Å². The number of aromatic nitrogens is 2. The second-order valence-electron chi connectivity index (χ2n) is 2.53. The van der Waals surface area contributed by atoms with Crippen molar-refractivity contribution in [1.29, 1.82) is 0 Å². The molecule has 0 saturated heterocycles. The second-order valence-corrected chi connectivity index (χ2v) is 2.53. The maximum absolute atomic E-state index is 5.20. The van der Waals surface area contributed by atoms with Gasteiger partial charge in [0, 0.05) is 12.7 Å². The Labute approximate surface area is 70.6 Å². The van der Waals surface area contributed by atoms with E-state index in [2.05, 4.69) is 12.0 Å². The second kappa shape index (κ2) is 2.85. The first-order valence-electron chi connectivity index (χ1n) is 3.97. The molecule has 0 bridgehead atoms. The monoisotopic (exact) mass is 162 g/mol. The molecule has 0 aliphatic heterocycles. The van der Waals surface area contributed by atoms with Crippen LogP contribution in [-0.2, 0) is 6.54 Å². The Kier molecular flexibility index (Phi) is 1.70. The largest absolute Gasteiger partial charge is 0.463 e. The van der Waals surface area contributed by atoms with E-state index >= 15 is 0 Å². The van der Waals surface area contributed by atoms with Crippen molar-refractivity contribution in [1.82, 2.24) is 9.78 Å². The highest BCUT2D eigenvalue weighted by Gasteiger charge is 2.02. The standard InChI is InChI=1S/C9H10N2O/c1-2-11-6-5-8(10-11)9-4-3-7-12-9/h3-7H,2H2,1H3. The maximum Gasteiger partial charge on any atom is 0.154 e. The van der Waals surface area contributed by atoms with Gasteiger partial charge in [0.2, 0.25) is 0 Å². The molecule has 2 aromatic rings. The SMILES string of the molecule is CCn1ccc(-c2ccco2)n1. The number of furan rings is 1. The molecule has 2 aromatic heterocycles. The van der Waals surface area contributed by atoms with Crippen LogP contribution in [0.2, 0.25) is 0 Å². The van der Waals surface area contributed by atoms with E-state index in [0.717, 1.165) is 18.0 Å². The van der Waals surface area contributed by atoms with E-state index < -0.39 is 0 Å². The van der Waals surface area contributed by atoms with Gasteiger partial charge in [0.05, 0.1) is 6.26 Å². The lowest BCUT2D eigenvalue weighted by Gasteiger charge is -1.91. The van der Waals surface area contributed by atoms with E-state index in [-0.39, 0.29) is 0 Å². The maximum atomic E-state index is 5.20. The molecular weight excluding hydrogens is 152 g/mol. The molecule has 0 aliphatic rings. The van der Waals surface area contributed by atoms with Crippen LogP contribution in [-0.4, -0.2) is 9.78 Å². The first-order chi connectivity index (χ1) is 5.90. The van der Waals surface area contributed by atoms with E-state index in [9.17, 15) is 0 Å². The van der Waals surface area contributed by atoms with E-state index in [0.29, 0.717) is 0 Å². The number of nitrogens with zero attached hydrogens (tertiary/aromatic N) is 2. The third-order valence-corrected chi connectivity index (χ3v) is 1.74. The summed E-state index contributed by atoms with van der Waals surface area (Å²) < 4.78 is 7.07. The van der Waals surface area contributed by atoms with Crippen LogP contribution in [0.1, 0.15) is 6.92 Å². The van der Waals surface area contributed by atoms with Gasteiger partial charge in [-0.05, 0) is 25.1 Å². The van der Waals surface area contributed by atoms with Gasteiger partial charge in [0.15, 0.2) is 5.76 Å². The van der Waals surface area contributed by atoms with Crippen molar-refractivity contribution in [3.8, 4) is 11.5 Å². The van der Waals surface area contributed by atoms with Crippen molar-refractivity contribution in [2.24, 2.45) is 0 Å². The number of rotatable bonds is 2. The zero-order chi connectivity index (χ0) is 8.39. The minimum Gasteiger partial charge on any atom is -0.463 e. The van der Waals surface area contributed by atoms with Crippen molar-refractivity contribution in [3.05, 3.63) is 30.7 Å². The smallest absolute Gasteiger partial charge is 0.154 e. The van der Waals surface area contributed by atoms with E-state index in [1.807, 2.05) is 29.1 Å². The topological polar surface area (TPSA) is 31.0 Å². The number of aryl methyl sites for hydroxylation is 1. The van der Waals surface area contributed by atoms with Gasteiger partial charge in [-0.1, -0.05) is 0 Å². The van der Waals surface area contributed by atoms with Gasteiger partial charge in [-0.25, -0.2) is 0 Å². The van der Waals surface area contributed by atoms with Crippen molar-refractivity contribution in [3.63, 3.8) is 0 Å². The highest BCUT2D eigenvalue weighted by atomic mass is 16.3. The summed E-state index contributed by atoms with van der Waals surface area (Å²) in [6, 6.07) is 5.71. The lowest BCUT2D eigenvalue weighted by Crippen LogP contribution is -1.93. The fourth-order valence-electron chi connectivity index (χ4n) is 1.09. The molecule has 2 rings (SSSR count). The van der Waals surface area contributed by atoms with Gasteiger partial charge in [0.25, 0.3) is 0 Å². The predicted molar refractivity (Wildman–Crippen MR) is 45.6 cm³/mol. The van der Waals surface area contributed by atoms with E-state index in [4.69, 9.17) is 4.42 Å². The molecule has 0 spiro atoms. The Hall–Kier alpha value is -1.51. The van der Waals surface area contributed by atoms with Gasteiger partial charge in [0.1, 0.15) is 5.69 Å². The molecule has 0 saturated carbocycles. The minimum atomic E-state index is 0.821. The molecule has 0 amide bonds. The molecule has 0 fully saturated rings.